The first-order valence-corrected chi connectivity index (χ1v) is 6.45. The lowest BCUT2D eigenvalue weighted by Gasteiger charge is -2.06. The topological polar surface area (TPSA) is 47.7 Å². The number of hydrogen-bond acceptors (Lipinski definition) is 3. The van der Waals surface area contributed by atoms with Crippen LogP contribution in [0.4, 0.5) is 0 Å². The van der Waals surface area contributed by atoms with Crippen LogP contribution in [0.5, 0.6) is 0 Å². The van der Waals surface area contributed by atoms with E-state index >= 15 is 0 Å². The van der Waals surface area contributed by atoms with Crippen molar-refractivity contribution in [1.82, 2.24) is 24.9 Å². The third-order valence-corrected chi connectivity index (χ3v) is 2.92. The van der Waals surface area contributed by atoms with Gasteiger partial charge in [-0.2, -0.15) is 10.2 Å². The van der Waals surface area contributed by atoms with Crippen LogP contribution in [0.15, 0.2) is 24.7 Å². The minimum absolute atomic E-state index is 0. The summed E-state index contributed by atoms with van der Waals surface area (Å²) in [5.41, 5.74) is 2.43. The Bertz CT molecular complexity index is 489. The molecule has 2 aromatic heterocycles. The normalized spacial score (nSPS) is 10.7. The molecule has 5 nitrogen and oxygen atoms in total. The van der Waals surface area contributed by atoms with Gasteiger partial charge in [-0.15, -0.1) is 12.4 Å². The Labute approximate surface area is 120 Å². The number of aromatic nitrogens is 4. The highest BCUT2D eigenvalue weighted by Gasteiger charge is 2.03. The van der Waals surface area contributed by atoms with Crippen molar-refractivity contribution >= 4 is 12.4 Å². The summed E-state index contributed by atoms with van der Waals surface area (Å²) in [6.45, 7) is 8.94. The monoisotopic (exact) mass is 283 g/mol. The van der Waals surface area contributed by atoms with E-state index in [0.717, 1.165) is 19.6 Å². The maximum Gasteiger partial charge on any atom is 0.0534 e. The molecule has 2 aromatic rings. The molecule has 1 N–H and O–H groups in total. The van der Waals surface area contributed by atoms with Gasteiger partial charge in [0, 0.05) is 43.6 Å². The van der Waals surface area contributed by atoms with Gasteiger partial charge in [-0.25, -0.2) is 0 Å². The van der Waals surface area contributed by atoms with Crippen LogP contribution in [0, 0.1) is 0 Å². The minimum atomic E-state index is 0. The number of aryl methyl sites for hydroxylation is 1. The molecule has 0 unspecified atom stereocenters. The number of halogens is 1. The van der Waals surface area contributed by atoms with Crippen molar-refractivity contribution in [1.29, 1.82) is 0 Å². The Hall–Kier alpha value is -1.33. The average molecular weight is 284 g/mol. The standard InChI is InChI=1S/C13H21N5.ClH/c1-4-17-13(5-6-15-17)9-14-7-12-8-16-18(10-12)11(2)3;/h5-6,8,10-11,14H,4,7,9H2,1-3H3;1H. The molecule has 0 amide bonds. The fourth-order valence-electron chi connectivity index (χ4n) is 1.88. The molecule has 0 bridgehead atoms. The zero-order valence-electron chi connectivity index (χ0n) is 11.7. The Kier molecular flexibility index (Phi) is 6.05. The molecule has 2 heterocycles. The molecule has 0 aromatic carbocycles. The minimum Gasteiger partial charge on any atom is -0.307 e. The Morgan fingerprint density at radius 2 is 2.05 bits per heavy atom. The predicted octanol–water partition coefficient (Wildman–Crippen LogP) is 2.39. The van der Waals surface area contributed by atoms with Crippen LogP contribution in [0.3, 0.4) is 0 Å². The summed E-state index contributed by atoms with van der Waals surface area (Å²) in [7, 11) is 0. The molecule has 106 valence electrons. The van der Waals surface area contributed by atoms with Crippen molar-refractivity contribution in [2.75, 3.05) is 0 Å². The van der Waals surface area contributed by atoms with Crippen LogP contribution in [-0.4, -0.2) is 19.6 Å². The number of nitrogens with zero attached hydrogens (tertiary/aromatic N) is 4. The van der Waals surface area contributed by atoms with Gasteiger partial charge >= 0.3 is 0 Å². The molecule has 0 aliphatic rings. The van der Waals surface area contributed by atoms with E-state index in [-0.39, 0.29) is 12.4 Å². The zero-order chi connectivity index (χ0) is 13.0. The number of rotatable bonds is 6. The summed E-state index contributed by atoms with van der Waals surface area (Å²) in [4.78, 5) is 0. The lowest BCUT2D eigenvalue weighted by atomic mass is 10.3. The molecule has 2 rings (SSSR count). The predicted molar refractivity (Wildman–Crippen MR) is 78.3 cm³/mol. The lowest BCUT2D eigenvalue weighted by Crippen LogP contribution is -2.15. The third-order valence-electron chi connectivity index (χ3n) is 2.92. The first-order valence-electron chi connectivity index (χ1n) is 6.45. The maximum absolute atomic E-state index is 4.32. The number of nitrogens with one attached hydrogen (secondary N) is 1. The maximum atomic E-state index is 4.32. The van der Waals surface area contributed by atoms with Crippen LogP contribution in [0.25, 0.3) is 0 Å². The molecule has 0 fully saturated rings. The summed E-state index contributed by atoms with van der Waals surface area (Å²) < 4.78 is 3.98. The molecule has 0 spiro atoms. The Morgan fingerprint density at radius 3 is 2.68 bits per heavy atom. The summed E-state index contributed by atoms with van der Waals surface area (Å²) >= 11 is 0. The van der Waals surface area contributed by atoms with Gasteiger partial charge in [-0.1, -0.05) is 0 Å². The molecule has 6 heteroatoms. The fraction of sp³-hybridized carbons (Fsp3) is 0.538. The smallest absolute Gasteiger partial charge is 0.0534 e. The quantitative estimate of drug-likeness (QED) is 0.885. The zero-order valence-corrected chi connectivity index (χ0v) is 12.5. The average Bonchev–Trinajstić information content (AvgIpc) is 2.97. The summed E-state index contributed by atoms with van der Waals surface area (Å²) in [5.74, 6) is 0. The molecule has 0 saturated carbocycles. The SMILES string of the molecule is CCn1nccc1CNCc1cnn(C(C)C)c1.Cl. The lowest BCUT2D eigenvalue weighted by molar-refractivity contribution is 0.531. The highest BCUT2D eigenvalue weighted by molar-refractivity contribution is 5.85. The second kappa shape index (κ2) is 7.31. The van der Waals surface area contributed by atoms with Crippen LogP contribution < -0.4 is 5.32 Å². The van der Waals surface area contributed by atoms with Gasteiger partial charge in [0.15, 0.2) is 0 Å². The van der Waals surface area contributed by atoms with Crippen LogP contribution in [-0.2, 0) is 19.6 Å². The molecule has 0 saturated heterocycles. The highest BCUT2D eigenvalue weighted by atomic mass is 35.5. The van der Waals surface area contributed by atoms with Crippen LogP contribution in [0.1, 0.15) is 38.1 Å². The van der Waals surface area contributed by atoms with Gasteiger partial charge in [0.25, 0.3) is 0 Å². The van der Waals surface area contributed by atoms with Crippen molar-refractivity contribution in [3.63, 3.8) is 0 Å². The first-order chi connectivity index (χ1) is 8.70. The highest BCUT2D eigenvalue weighted by Crippen LogP contribution is 2.05. The van der Waals surface area contributed by atoms with Crippen molar-refractivity contribution in [2.45, 2.75) is 46.4 Å². The van der Waals surface area contributed by atoms with Gasteiger partial charge in [-0.05, 0) is 26.8 Å². The van der Waals surface area contributed by atoms with E-state index in [1.54, 1.807) is 0 Å². The van der Waals surface area contributed by atoms with Crippen molar-refractivity contribution in [3.8, 4) is 0 Å². The van der Waals surface area contributed by atoms with E-state index in [0.29, 0.717) is 6.04 Å². The Balaban J connectivity index is 0.00000180. The molecule has 0 atom stereocenters. The Morgan fingerprint density at radius 1 is 1.26 bits per heavy atom. The molecule has 0 aliphatic carbocycles. The summed E-state index contributed by atoms with van der Waals surface area (Å²) in [6.07, 6.45) is 5.86. The van der Waals surface area contributed by atoms with Gasteiger partial charge in [-0.3, -0.25) is 9.36 Å². The molecular weight excluding hydrogens is 262 g/mol. The summed E-state index contributed by atoms with van der Waals surface area (Å²) in [5, 5.41) is 12.0. The van der Waals surface area contributed by atoms with Gasteiger partial charge in [0.05, 0.1) is 11.9 Å². The fourth-order valence-corrected chi connectivity index (χ4v) is 1.88. The van der Waals surface area contributed by atoms with E-state index in [1.807, 2.05) is 27.8 Å². The van der Waals surface area contributed by atoms with Gasteiger partial charge < -0.3 is 5.32 Å². The molecular formula is C13H22ClN5. The summed E-state index contributed by atoms with van der Waals surface area (Å²) in [6, 6.07) is 2.47. The van der Waals surface area contributed by atoms with Crippen LogP contribution >= 0.6 is 12.4 Å². The second-order valence-electron chi connectivity index (χ2n) is 4.66. The van der Waals surface area contributed by atoms with E-state index in [4.69, 9.17) is 0 Å². The van der Waals surface area contributed by atoms with E-state index < -0.39 is 0 Å². The molecule has 0 aliphatic heterocycles. The van der Waals surface area contributed by atoms with E-state index in [2.05, 4.69) is 42.5 Å². The van der Waals surface area contributed by atoms with Crippen molar-refractivity contribution in [2.24, 2.45) is 0 Å². The largest absolute Gasteiger partial charge is 0.307 e. The second-order valence-corrected chi connectivity index (χ2v) is 4.66. The van der Waals surface area contributed by atoms with Crippen molar-refractivity contribution < 1.29 is 0 Å². The van der Waals surface area contributed by atoms with Crippen molar-refractivity contribution in [3.05, 3.63) is 35.9 Å². The molecule has 0 radical (unpaired) electrons. The molecule has 19 heavy (non-hydrogen) atoms. The first kappa shape index (κ1) is 15.7. The third kappa shape index (κ3) is 4.08. The van der Waals surface area contributed by atoms with Gasteiger partial charge in [0.1, 0.15) is 0 Å². The van der Waals surface area contributed by atoms with Crippen LogP contribution in [0.2, 0.25) is 0 Å². The van der Waals surface area contributed by atoms with E-state index in [1.165, 1.54) is 11.3 Å². The van der Waals surface area contributed by atoms with E-state index in [9.17, 15) is 0 Å². The van der Waals surface area contributed by atoms with Gasteiger partial charge in [0.2, 0.25) is 0 Å². The number of hydrogen-bond donors (Lipinski definition) is 1.